The number of ether oxygens (including phenoxy) is 1. The number of nitrogens with zero attached hydrogens (tertiary/aromatic N) is 1. The van der Waals surface area contributed by atoms with Gasteiger partial charge in [-0.3, -0.25) is 4.79 Å². The number of hydrogen-bond acceptors (Lipinski definition) is 3. The van der Waals surface area contributed by atoms with Gasteiger partial charge in [0, 0.05) is 28.0 Å². The van der Waals surface area contributed by atoms with E-state index in [1.54, 1.807) is 0 Å². The van der Waals surface area contributed by atoms with Crippen molar-refractivity contribution >= 4 is 21.8 Å². The molecule has 2 aromatic rings. The summed E-state index contributed by atoms with van der Waals surface area (Å²) >= 11 is 0. The Kier molecular flexibility index (Phi) is 6.86. The van der Waals surface area contributed by atoms with Gasteiger partial charge >= 0.3 is 0 Å². The number of amides is 1. The zero-order valence-corrected chi connectivity index (χ0v) is 17.5. The second-order valence-electron chi connectivity index (χ2n) is 6.63. The smallest absolute Gasteiger partial charge is 0.258 e. The van der Waals surface area contributed by atoms with E-state index in [-0.39, 0.29) is 5.91 Å². The van der Waals surface area contributed by atoms with Crippen LogP contribution >= 0.6 is 0 Å². The number of anilines is 1. The zero-order valence-electron chi connectivity index (χ0n) is 15.5. The number of fused-ring (bicyclic) bond motifs is 1. The number of aryl methyl sites for hydroxylation is 1. The Morgan fingerprint density at radius 2 is 2.00 bits per heavy atom. The summed E-state index contributed by atoms with van der Waals surface area (Å²) in [7, 11) is 1.21. The molecule has 1 N–H and O–H groups in total. The number of rotatable bonds is 8. The van der Waals surface area contributed by atoms with Crippen LogP contribution in [0.1, 0.15) is 35.2 Å². The lowest BCUT2D eigenvalue weighted by atomic mass is 10.0. The van der Waals surface area contributed by atoms with Gasteiger partial charge in [0.15, 0.2) is 0 Å². The van der Waals surface area contributed by atoms with Gasteiger partial charge in [-0.15, -0.1) is 0 Å². The van der Waals surface area contributed by atoms with E-state index in [1.807, 2.05) is 47.4 Å². The molecule has 0 spiro atoms. The zero-order chi connectivity index (χ0) is 18.2. The first-order chi connectivity index (χ1) is 12.8. The van der Waals surface area contributed by atoms with E-state index in [4.69, 9.17) is 4.74 Å². The van der Waals surface area contributed by atoms with Crippen LogP contribution in [0.3, 0.4) is 0 Å². The van der Waals surface area contributed by atoms with E-state index < -0.39 is 0 Å². The largest absolute Gasteiger partial charge is 0.494 e. The van der Waals surface area contributed by atoms with Crippen molar-refractivity contribution in [1.82, 2.24) is 5.32 Å². The molecule has 0 saturated heterocycles. The minimum Gasteiger partial charge on any atom is -0.494 e. The molecule has 0 aromatic heterocycles. The highest BCUT2D eigenvalue weighted by Gasteiger charge is 2.23. The molecule has 0 fully saturated rings. The van der Waals surface area contributed by atoms with Gasteiger partial charge in [-0.1, -0.05) is 18.2 Å². The third kappa shape index (κ3) is 4.74. The van der Waals surface area contributed by atoms with Crippen LogP contribution in [0.4, 0.5) is 5.69 Å². The topological polar surface area (TPSA) is 41.6 Å². The number of benzene rings is 2. The fourth-order valence-electron chi connectivity index (χ4n) is 3.33. The highest BCUT2D eigenvalue weighted by atomic mass is 28.1. The molecule has 0 saturated carbocycles. The Hall–Kier alpha value is -2.11. The molecule has 0 atom stereocenters. The van der Waals surface area contributed by atoms with Gasteiger partial charge in [0.1, 0.15) is 5.75 Å². The Labute approximate surface area is 159 Å². The van der Waals surface area contributed by atoms with Crippen molar-refractivity contribution in [2.75, 3.05) is 30.8 Å². The van der Waals surface area contributed by atoms with Crippen LogP contribution in [0.2, 0.25) is 0 Å². The predicted molar refractivity (Wildman–Crippen MR) is 110 cm³/mol. The first kappa shape index (κ1) is 18.7. The predicted octanol–water partition coefficient (Wildman–Crippen LogP) is 2.35. The Morgan fingerprint density at radius 1 is 1.15 bits per heavy atom. The summed E-state index contributed by atoms with van der Waals surface area (Å²) in [6, 6.07) is 15.6. The summed E-state index contributed by atoms with van der Waals surface area (Å²) in [5.74, 6) is 0.986. The first-order valence-electron chi connectivity index (χ1n) is 9.63. The summed E-state index contributed by atoms with van der Waals surface area (Å²) in [5, 5.41) is 3.39. The van der Waals surface area contributed by atoms with E-state index in [2.05, 4.69) is 11.4 Å². The molecule has 5 heteroatoms. The van der Waals surface area contributed by atoms with Crippen LogP contribution in [0.5, 0.6) is 5.75 Å². The SMILES string of the molecule is O=C(c1ccccc1)N1CCCc2cc(OCCCCNC[SiH3])ccc21. The van der Waals surface area contributed by atoms with Crippen molar-refractivity contribution in [3.63, 3.8) is 0 Å². The van der Waals surface area contributed by atoms with Crippen LogP contribution in [0.25, 0.3) is 0 Å². The Morgan fingerprint density at radius 3 is 2.81 bits per heavy atom. The third-order valence-electron chi connectivity index (χ3n) is 4.70. The molecule has 0 bridgehead atoms. The molecular formula is C21H28N2O2Si. The van der Waals surface area contributed by atoms with Gasteiger partial charge in [0.2, 0.25) is 0 Å². The molecule has 3 rings (SSSR count). The molecule has 4 nitrogen and oxygen atoms in total. The number of carbonyl (C=O) groups excluding carboxylic acids is 1. The van der Waals surface area contributed by atoms with Gasteiger partial charge in [-0.25, -0.2) is 0 Å². The van der Waals surface area contributed by atoms with Gasteiger partial charge in [0.05, 0.1) is 6.61 Å². The maximum Gasteiger partial charge on any atom is 0.258 e. The second-order valence-corrected chi connectivity index (χ2v) is 7.33. The van der Waals surface area contributed by atoms with E-state index in [0.717, 1.165) is 68.5 Å². The van der Waals surface area contributed by atoms with Crippen molar-refractivity contribution in [2.45, 2.75) is 25.7 Å². The molecule has 1 aliphatic heterocycles. The lowest BCUT2D eigenvalue weighted by Crippen LogP contribution is -2.35. The quantitative estimate of drug-likeness (QED) is 0.574. The Balaban J connectivity index is 1.63. The van der Waals surface area contributed by atoms with E-state index in [1.165, 1.54) is 15.8 Å². The summed E-state index contributed by atoms with van der Waals surface area (Å²) in [5.41, 5.74) is 2.97. The number of unbranched alkanes of at least 4 members (excludes halogenated alkanes) is 1. The minimum atomic E-state index is 0.0757. The number of carbonyl (C=O) groups is 1. The highest BCUT2D eigenvalue weighted by molar-refractivity contribution is 6.08. The summed E-state index contributed by atoms with van der Waals surface area (Å²) in [6.45, 7) is 2.59. The molecule has 1 amide bonds. The molecule has 0 unspecified atom stereocenters. The van der Waals surface area contributed by atoms with Crippen molar-refractivity contribution in [1.29, 1.82) is 0 Å². The standard InChI is InChI=1S/C21H28N2O2Si/c24-21(17-7-2-1-3-8-17)23-13-6-9-18-15-19(10-11-20(18)23)25-14-5-4-12-22-16-26/h1-3,7-8,10-11,15,22H,4-6,9,12-14,16H2,26H3. The fraction of sp³-hybridized carbons (Fsp3) is 0.381. The molecule has 2 aromatic carbocycles. The normalized spacial score (nSPS) is 13.5. The van der Waals surface area contributed by atoms with Crippen LogP contribution in [0.15, 0.2) is 48.5 Å². The molecular weight excluding hydrogens is 340 g/mol. The second kappa shape index (κ2) is 9.55. The van der Waals surface area contributed by atoms with Crippen molar-refractivity contribution in [3.05, 3.63) is 59.7 Å². The maximum atomic E-state index is 12.8. The summed E-state index contributed by atoms with van der Waals surface area (Å²) in [4.78, 5) is 14.7. The van der Waals surface area contributed by atoms with Gasteiger partial charge in [0.25, 0.3) is 5.91 Å². The molecule has 26 heavy (non-hydrogen) atoms. The lowest BCUT2D eigenvalue weighted by molar-refractivity contribution is 0.0985. The highest BCUT2D eigenvalue weighted by Crippen LogP contribution is 2.31. The van der Waals surface area contributed by atoms with Gasteiger partial charge < -0.3 is 15.0 Å². The fourth-order valence-corrected chi connectivity index (χ4v) is 3.68. The number of nitrogens with one attached hydrogen (secondary N) is 1. The van der Waals surface area contributed by atoms with Crippen LogP contribution in [-0.2, 0) is 6.42 Å². The first-order valence-corrected chi connectivity index (χ1v) is 11.0. The van der Waals surface area contributed by atoms with Gasteiger partial charge in [-0.05, 0) is 74.3 Å². The van der Waals surface area contributed by atoms with Crippen LogP contribution in [-0.4, -0.2) is 42.0 Å². The molecule has 138 valence electrons. The van der Waals surface area contributed by atoms with E-state index in [0.29, 0.717) is 0 Å². The summed E-state index contributed by atoms with van der Waals surface area (Å²) in [6.07, 6.45) is 5.34. The average Bonchev–Trinajstić information content (AvgIpc) is 2.70. The van der Waals surface area contributed by atoms with E-state index >= 15 is 0 Å². The minimum absolute atomic E-state index is 0.0757. The third-order valence-corrected chi connectivity index (χ3v) is 5.20. The van der Waals surface area contributed by atoms with E-state index in [9.17, 15) is 4.79 Å². The maximum absolute atomic E-state index is 12.8. The lowest BCUT2D eigenvalue weighted by Gasteiger charge is -2.30. The molecule has 1 heterocycles. The van der Waals surface area contributed by atoms with Crippen molar-refractivity contribution < 1.29 is 9.53 Å². The van der Waals surface area contributed by atoms with Crippen molar-refractivity contribution in [3.8, 4) is 5.75 Å². The van der Waals surface area contributed by atoms with Crippen molar-refractivity contribution in [2.24, 2.45) is 0 Å². The van der Waals surface area contributed by atoms with Gasteiger partial charge in [-0.2, -0.15) is 0 Å². The average molecular weight is 369 g/mol. The van der Waals surface area contributed by atoms with Crippen LogP contribution < -0.4 is 15.0 Å². The molecule has 0 aliphatic carbocycles. The van der Waals surface area contributed by atoms with Crippen LogP contribution in [0, 0.1) is 0 Å². The monoisotopic (exact) mass is 368 g/mol. The molecule has 1 aliphatic rings. The Bertz CT molecular complexity index is 721. The molecule has 0 radical (unpaired) electrons. The number of hydrogen-bond donors (Lipinski definition) is 1. The summed E-state index contributed by atoms with van der Waals surface area (Å²) < 4.78 is 5.91.